The molecular formula is C10H20N2O3. The predicted octanol–water partition coefficient (Wildman–Crippen LogP) is -0.355. The van der Waals surface area contributed by atoms with E-state index in [2.05, 4.69) is 5.32 Å². The maximum Gasteiger partial charge on any atom is 0.237 e. The monoisotopic (exact) mass is 216 g/mol. The molecule has 1 amide bonds. The van der Waals surface area contributed by atoms with Crippen LogP contribution in [0.1, 0.15) is 19.8 Å². The summed E-state index contributed by atoms with van der Waals surface area (Å²) in [6.07, 6.45) is 1.60. The van der Waals surface area contributed by atoms with Gasteiger partial charge < -0.3 is 20.5 Å². The van der Waals surface area contributed by atoms with Crippen molar-refractivity contribution in [2.75, 3.05) is 26.4 Å². The largest absolute Gasteiger partial charge is 0.376 e. The molecule has 2 unspecified atom stereocenters. The van der Waals surface area contributed by atoms with Gasteiger partial charge >= 0.3 is 0 Å². The molecule has 1 saturated heterocycles. The molecule has 0 aromatic heterocycles. The van der Waals surface area contributed by atoms with Crippen molar-refractivity contribution in [2.24, 2.45) is 5.73 Å². The number of rotatable bonds is 5. The van der Waals surface area contributed by atoms with E-state index in [1.165, 1.54) is 0 Å². The number of nitrogens with two attached hydrogens (primary N) is 1. The second-order valence-corrected chi connectivity index (χ2v) is 3.71. The van der Waals surface area contributed by atoms with Crippen LogP contribution in [0.4, 0.5) is 0 Å². The smallest absolute Gasteiger partial charge is 0.237 e. The topological polar surface area (TPSA) is 73.6 Å². The normalized spacial score (nSPS) is 23.5. The van der Waals surface area contributed by atoms with Crippen molar-refractivity contribution in [1.82, 2.24) is 5.32 Å². The Morgan fingerprint density at radius 2 is 2.40 bits per heavy atom. The summed E-state index contributed by atoms with van der Waals surface area (Å²) >= 11 is 0. The van der Waals surface area contributed by atoms with Gasteiger partial charge in [-0.3, -0.25) is 4.79 Å². The molecule has 1 fully saturated rings. The first-order valence-corrected chi connectivity index (χ1v) is 5.46. The molecule has 5 heteroatoms. The van der Waals surface area contributed by atoms with Gasteiger partial charge in [0.05, 0.1) is 32.0 Å². The number of ether oxygens (including phenoxy) is 2. The summed E-state index contributed by atoms with van der Waals surface area (Å²) in [5, 5.41) is 2.77. The molecular weight excluding hydrogens is 196 g/mol. The van der Waals surface area contributed by atoms with Crippen molar-refractivity contribution >= 4 is 5.91 Å². The Morgan fingerprint density at radius 3 is 3.00 bits per heavy atom. The molecule has 15 heavy (non-hydrogen) atoms. The van der Waals surface area contributed by atoms with Gasteiger partial charge in [0, 0.05) is 6.54 Å². The van der Waals surface area contributed by atoms with Crippen LogP contribution in [-0.4, -0.2) is 44.4 Å². The fourth-order valence-electron chi connectivity index (χ4n) is 1.44. The highest BCUT2D eigenvalue weighted by atomic mass is 16.6. The Balaban J connectivity index is 2.14. The third-order valence-electron chi connectivity index (χ3n) is 2.33. The average Bonchev–Trinajstić information content (AvgIpc) is 2.27. The number of nitrogens with one attached hydrogen (secondary N) is 1. The average molecular weight is 216 g/mol. The number of hydrogen-bond acceptors (Lipinski definition) is 4. The zero-order valence-electron chi connectivity index (χ0n) is 9.20. The van der Waals surface area contributed by atoms with E-state index in [1.54, 1.807) is 0 Å². The summed E-state index contributed by atoms with van der Waals surface area (Å²) in [6, 6.07) is -0.403. The lowest BCUT2D eigenvalue weighted by Gasteiger charge is -2.23. The zero-order chi connectivity index (χ0) is 11.1. The SMILES string of the molecule is CCCC(N)C(=O)NCC1COCCO1. The van der Waals surface area contributed by atoms with Gasteiger partial charge in [-0.05, 0) is 6.42 Å². The molecule has 1 rings (SSSR count). The van der Waals surface area contributed by atoms with E-state index < -0.39 is 6.04 Å². The molecule has 5 nitrogen and oxygen atoms in total. The molecule has 0 spiro atoms. The standard InChI is InChI=1S/C10H20N2O3/c1-2-3-9(11)10(13)12-6-8-7-14-4-5-15-8/h8-9H,2-7,11H2,1H3,(H,12,13). The highest BCUT2D eigenvalue weighted by molar-refractivity contribution is 5.81. The lowest BCUT2D eigenvalue weighted by Crippen LogP contribution is -2.46. The number of amides is 1. The van der Waals surface area contributed by atoms with Crippen LogP contribution >= 0.6 is 0 Å². The molecule has 0 saturated carbocycles. The highest BCUT2D eigenvalue weighted by Gasteiger charge is 2.17. The lowest BCUT2D eigenvalue weighted by molar-refractivity contribution is -0.125. The number of carbonyl (C=O) groups is 1. The first kappa shape index (κ1) is 12.4. The van der Waals surface area contributed by atoms with Crippen molar-refractivity contribution in [1.29, 1.82) is 0 Å². The van der Waals surface area contributed by atoms with Crippen LogP contribution in [0.3, 0.4) is 0 Å². The van der Waals surface area contributed by atoms with Gasteiger partial charge in [0.25, 0.3) is 0 Å². The van der Waals surface area contributed by atoms with Crippen molar-refractivity contribution < 1.29 is 14.3 Å². The van der Waals surface area contributed by atoms with Crippen LogP contribution in [0.5, 0.6) is 0 Å². The van der Waals surface area contributed by atoms with Gasteiger partial charge in [-0.2, -0.15) is 0 Å². The molecule has 0 aliphatic carbocycles. The third-order valence-corrected chi connectivity index (χ3v) is 2.33. The minimum Gasteiger partial charge on any atom is -0.376 e. The van der Waals surface area contributed by atoms with E-state index in [0.29, 0.717) is 32.8 Å². The second-order valence-electron chi connectivity index (χ2n) is 3.71. The van der Waals surface area contributed by atoms with Crippen molar-refractivity contribution in [3.63, 3.8) is 0 Å². The second kappa shape index (κ2) is 6.76. The Morgan fingerprint density at radius 1 is 1.60 bits per heavy atom. The first-order chi connectivity index (χ1) is 7.24. The first-order valence-electron chi connectivity index (χ1n) is 5.46. The van der Waals surface area contributed by atoms with Gasteiger partial charge in [0.15, 0.2) is 0 Å². The lowest BCUT2D eigenvalue weighted by atomic mass is 10.1. The molecule has 1 aliphatic heterocycles. The van der Waals surface area contributed by atoms with Crippen molar-refractivity contribution in [3.05, 3.63) is 0 Å². The van der Waals surface area contributed by atoms with Crippen molar-refractivity contribution in [2.45, 2.75) is 31.9 Å². The predicted molar refractivity (Wildman–Crippen MR) is 56.5 cm³/mol. The molecule has 1 heterocycles. The van der Waals surface area contributed by atoms with E-state index in [1.807, 2.05) is 6.92 Å². The number of hydrogen-bond donors (Lipinski definition) is 2. The molecule has 2 atom stereocenters. The van der Waals surface area contributed by atoms with E-state index in [-0.39, 0.29) is 12.0 Å². The van der Waals surface area contributed by atoms with Crippen LogP contribution in [0.2, 0.25) is 0 Å². The van der Waals surface area contributed by atoms with Crippen LogP contribution in [0.25, 0.3) is 0 Å². The maximum atomic E-state index is 11.4. The minimum atomic E-state index is -0.403. The minimum absolute atomic E-state index is 0.0310. The number of carbonyl (C=O) groups excluding carboxylic acids is 1. The van der Waals surface area contributed by atoms with Gasteiger partial charge in [0.2, 0.25) is 5.91 Å². The maximum absolute atomic E-state index is 11.4. The fourth-order valence-corrected chi connectivity index (χ4v) is 1.44. The fraction of sp³-hybridized carbons (Fsp3) is 0.900. The van der Waals surface area contributed by atoms with Crippen LogP contribution < -0.4 is 11.1 Å². The molecule has 0 aromatic rings. The molecule has 0 aromatic carbocycles. The van der Waals surface area contributed by atoms with E-state index >= 15 is 0 Å². The van der Waals surface area contributed by atoms with Crippen LogP contribution in [-0.2, 0) is 14.3 Å². The summed E-state index contributed by atoms with van der Waals surface area (Å²) in [4.78, 5) is 11.4. The Kier molecular flexibility index (Phi) is 5.60. The Bertz CT molecular complexity index is 193. The summed E-state index contributed by atoms with van der Waals surface area (Å²) in [5.74, 6) is -0.106. The Labute approximate surface area is 90.3 Å². The van der Waals surface area contributed by atoms with Gasteiger partial charge in [0.1, 0.15) is 0 Å². The van der Waals surface area contributed by atoms with E-state index in [4.69, 9.17) is 15.2 Å². The molecule has 0 radical (unpaired) electrons. The van der Waals surface area contributed by atoms with E-state index in [0.717, 1.165) is 6.42 Å². The summed E-state index contributed by atoms with van der Waals surface area (Å²) in [7, 11) is 0. The molecule has 88 valence electrons. The summed E-state index contributed by atoms with van der Waals surface area (Å²) in [6.45, 7) is 4.27. The molecule has 3 N–H and O–H groups in total. The summed E-state index contributed by atoms with van der Waals surface area (Å²) < 4.78 is 10.6. The van der Waals surface area contributed by atoms with Gasteiger partial charge in [-0.1, -0.05) is 13.3 Å². The van der Waals surface area contributed by atoms with Crippen LogP contribution in [0.15, 0.2) is 0 Å². The quantitative estimate of drug-likeness (QED) is 0.658. The van der Waals surface area contributed by atoms with Crippen molar-refractivity contribution in [3.8, 4) is 0 Å². The van der Waals surface area contributed by atoms with Crippen LogP contribution in [0, 0.1) is 0 Å². The van der Waals surface area contributed by atoms with E-state index in [9.17, 15) is 4.79 Å². The zero-order valence-corrected chi connectivity index (χ0v) is 9.20. The third kappa shape index (κ3) is 4.59. The van der Waals surface area contributed by atoms with Gasteiger partial charge in [-0.25, -0.2) is 0 Å². The molecule has 1 aliphatic rings. The highest BCUT2D eigenvalue weighted by Crippen LogP contribution is 1.99. The Hall–Kier alpha value is -0.650. The van der Waals surface area contributed by atoms with Gasteiger partial charge in [-0.15, -0.1) is 0 Å². The molecule has 0 bridgehead atoms. The summed E-state index contributed by atoms with van der Waals surface area (Å²) in [5.41, 5.74) is 5.66.